The lowest BCUT2D eigenvalue weighted by Crippen LogP contribution is -2.15. The van der Waals surface area contributed by atoms with Gasteiger partial charge in [-0.2, -0.15) is 5.10 Å². The lowest BCUT2D eigenvalue weighted by Gasteiger charge is -2.20. The van der Waals surface area contributed by atoms with Gasteiger partial charge in [-0.25, -0.2) is 4.98 Å². The number of halogens is 1. The first kappa shape index (κ1) is 13.4. The van der Waals surface area contributed by atoms with Crippen LogP contribution in [0.4, 0.5) is 0 Å². The Labute approximate surface area is 113 Å². The number of imidazole rings is 1. The molecule has 1 unspecified atom stereocenters. The van der Waals surface area contributed by atoms with Crippen molar-refractivity contribution >= 4 is 22.8 Å². The third-order valence-corrected chi connectivity index (χ3v) is 3.88. The number of aromatic nitrogens is 4. The first-order chi connectivity index (χ1) is 8.51. The second kappa shape index (κ2) is 4.92. The molecule has 1 atom stereocenters. The Bertz CT molecular complexity index is 553. The summed E-state index contributed by atoms with van der Waals surface area (Å²) in [5.41, 5.74) is 3.14. The fourth-order valence-electron chi connectivity index (χ4n) is 2.31. The summed E-state index contributed by atoms with van der Waals surface area (Å²) in [4.78, 5) is 4.67. The molecule has 5 heteroatoms. The third kappa shape index (κ3) is 1.92. The number of aryl methyl sites for hydroxylation is 2. The van der Waals surface area contributed by atoms with E-state index in [1.54, 1.807) is 0 Å². The predicted molar refractivity (Wildman–Crippen MR) is 75.0 cm³/mol. The highest BCUT2D eigenvalue weighted by Crippen LogP contribution is 2.28. The summed E-state index contributed by atoms with van der Waals surface area (Å²) in [7, 11) is 1.98. The molecule has 0 aliphatic heterocycles. The van der Waals surface area contributed by atoms with E-state index >= 15 is 0 Å². The smallest absolute Gasteiger partial charge is 0.158 e. The maximum absolute atomic E-state index is 6.04. The summed E-state index contributed by atoms with van der Waals surface area (Å²) in [6.45, 7) is 8.74. The summed E-state index contributed by atoms with van der Waals surface area (Å²) in [6.07, 6.45) is 0.895. The van der Waals surface area contributed by atoms with Gasteiger partial charge in [0, 0.05) is 13.1 Å². The molecule has 2 aromatic rings. The first-order valence-electron chi connectivity index (χ1n) is 6.49. The summed E-state index contributed by atoms with van der Waals surface area (Å²) in [5, 5.41) is 4.54. The quantitative estimate of drug-likeness (QED) is 0.798. The van der Waals surface area contributed by atoms with Gasteiger partial charge in [0.05, 0.1) is 11.6 Å². The Hall–Kier alpha value is -1.03. The number of hydrogen-bond donors (Lipinski definition) is 0. The fraction of sp³-hybridized carbons (Fsp3) is 0.692. The van der Waals surface area contributed by atoms with Crippen molar-refractivity contribution in [3.63, 3.8) is 0 Å². The third-order valence-electron chi connectivity index (χ3n) is 3.64. The van der Waals surface area contributed by atoms with Crippen molar-refractivity contribution in [1.29, 1.82) is 0 Å². The van der Waals surface area contributed by atoms with Crippen LogP contribution in [-0.4, -0.2) is 19.3 Å². The van der Waals surface area contributed by atoms with Gasteiger partial charge in [-0.05, 0) is 19.3 Å². The molecular weight excluding hydrogens is 248 g/mol. The van der Waals surface area contributed by atoms with E-state index in [2.05, 4.69) is 42.3 Å². The zero-order chi connectivity index (χ0) is 13.4. The van der Waals surface area contributed by atoms with Crippen molar-refractivity contribution in [3.05, 3.63) is 11.5 Å². The minimum absolute atomic E-state index is 0.365. The molecule has 100 valence electrons. The van der Waals surface area contributed by atoms with E-state index in [1.165, 1.54) is 0 Å². The van der Waals surface area contributed by atoms with Crippen LogP contribution in [0.25, 0.3) is 11.2 Å². The van der Waals surface area contributed by atoms with Crippen molar-refractivity contribution in [3.8, 4) is 0 Å². The van der Waals surface area contributed by atoms with E-state index in [9.17, 15) is 0 Å². The second-order valence-corrected chi connectivity index (χ2v) is 5.38. The topological polar surface area (TPSA) is 35.6 Å². The molecular formula is C13H21ClN4. The van der Waals surface area contributed by atoms with Gasteiger partial charge in [-0.3, -0.25) is 4.68 Å². The van der Waals surface area contributed by atoms with Gasteiger partial charge in [-0.15, -0.1) is 11.6 Å². The molecule has 0 radical (unpaired) electrons. The Kier molecular flexibility index (Phi) is 3.66. The van der Waals surface area contributed by atoms with Crippen molar-refractivity contribution in [1.82, 2.24) is 19.3 Å². The minimum atomic E-state index is 0.365. The molecule has 0 spiro atoms. The van der Waals surface area contributed by atoms with E-state index in [4.69, 9.17) is 11.6 Å². The molecule has 0 aliphatic rings. The van der Waals surface area contributed by atoms with Crippen molar-refractivity contribution in [2.45, 2.75) is 46.0 Å². The molecule has 4 nitrogen and oxygen atoms in total. The maximum Gasteiger partial charge on any atom is 0.158 e. The molecule has 0 fully saturated rings. The van der Waals surface area contributed by atoms with Gasteiger partial charge in [0.15, 0.2) is 5.65 Å². The van der Waals surface area contributed by atoms with E-state index in [-0.39, 0.29) is 0 Å². The summed E-state index contributed by atoms with van der Waals surface area (Å²) in [5.74, 6) is 1.91. The Morgan fingerprint density at radius 1 is 1.28 bits per heavy atom. The molecule has 0 N–H and O–H groups in total. The molecule has 2 rings (SSSR count). The predicted octanol–water partition coefficient (Wildman–Crippen LogP) is 3.29. The average molecular weight is 269 g/mol. The minimum Gasteiger partial charge on any atom is -0.309 e. The summed E-state index contributed by atoms with van der Waals surface area (Å²) < 4.78 is 4.16. The van der Waals surface area contributed by atoms with Gasteiger partial charge in [-0.1, -0.05) is 20.8 Å². The van der Waals surface area contributed by atoms with Crippen LogP contribution < -0.4 is 0 Å². The van der Waals surface area contributed by atoms with E-state index < -0.39 is 0 Å². The number of fused-ring (bicyclic) bond motifs is 1. The van der Waals surface area contributed by atoms with Crippen LogP contribution in [0.3, 0.4) is 0 Å². The average Bonchev–Trinajstić information content (AvgIpc) is 2.86. The first-order valence-corrected chi connectivity index (χ1v) is 7.03. The SMILES string of the molecule is CCc1nn(C)c2c1nc(CCl)n2C(C)C(C)C. The van der Waals surface area contributed by atoms with Gasteiger partial charge in [0.2, 0.25) is 0 Å². The summed E-state index contributed by atoms with van der Waals surface area (Å²) >= 11 is 6.04. The highest BCUT2D eigenvalue weighted by molar-refractivity contribution is 6.16. The zero-order valence-corrected chi connectivity index (χ0v) is 12.5. The number of nitrogens with zero attached hydrogens (tertiary/aromatic N) is 4. The Balaban J connectivity index is 2.72. The van der Waals surface area contributed by atoms with Crippen LogP contribution in [0.1, 0.15) is 45.3 Å². The molecule has 0 saturated carbocycles. The molecule has 2 aromatic heterocycles. The van der Waals surface area contributed by atoms with Crippen molar-refractivity contribution in [2.75, 3.05) is 0 Å². The maximum atomic E-state index is 6.04. The van der Waals surface area contributed by atoms with Crippen LogP contribution in [-0.2, 0) is 19.3 Å². The van der Waals surface area contributed by atoms with Crippen LogP contribution in [0.15, 0.2) is 0 Å². The fourth-order valence-corrected chi connectivity index (χ4v) is 2.49. The van der Waals surface area contributed by atoms with Gasteiger partial charge < -0.3 is 4.57 Å². The van der Waals surface area contributed by atoms with Crippen LogP contribution in [0.5, 0.6) is 0 Å². The van der Waals surface area contributed by atoms with Gasteiger partial charge >= 0.3 is 0 Å². The standard InChI is InChI=1S/C13H21ClN4/c1-6-10-12-13(17(5)16-10)18(9(4)8(2)3)11(7-14)15-12/h8-9H,6-7H2,1-5H3. The van der Waals surface area contributed by atoms with Crippen LogP contribution in [0, 0.1) is 5.92 Å². The summed E-state index contributed by atoms with van der Waals surface area (Å²) in [6, 6.07) is 0.365. The lowest BCUT2D eigenvalue weighted by atomic mass is 10.1. The molecule has 0 aromatic carbocycles. The molecule has 0 aliphatic carbocycles. The molecule has 2 heterocycles. The van der Waals surface area contributed by atoms with Gasteiger partial charge in [0.25, 0.3) is 0 Å². The lowest BCUT2D eigenvalue weighted by molar-refractivity contribution is 0.403. The van der Waals surface area contributed by atoms with Crippen LogP contribution in [0.2, 0.25) is 0 Å². The van der Waals surface area contributed by atoms with E-state index in [1.807, 2.05) is 11.7 Å². The molecule has 0 saturated heterocycles. The van der Waals surface area contributed by atoms with E-state index in [0.29, 0.717) is 17.8 Å². The van der Waals surface area contributed by atoms with Crippen LogP contribution >= 0.6 is 11.6 Å². The highest BCUT2D eigenvalue weighted by Gasteiger charge is 2.22. The second-order valence-electron chi connectivity index (χ2n) is 5.11. The van der Waals surface area contributed by atoms with Gasteiger partial charge in [0.1, 0.15) is 11.3 Å². The molecule has 18 heavy (non-hydrogen) atoms. The molecule has 0 bridgehead atoms. The zero-order valence-electron chi connectivity index (χ0n) is 11.7. The Morgan fingerprint density at radius 2 is 1.94 bits per heavy atom. The normalized spacial score (nSPS) is 13.7. The Morgan fingerprint density at radius 3 is 2.44 bits per heavy atom. The number of rotatable bonds is 4. The number of alkyl halides is 1. The van der Waals surface area contributed by atoms with E-state index in [0.717, 1.165) is 29.1 Å². The monoisotopic (exact) mass is 268 g/mol. The van der Waals surface area contributed by atoms with Crippen molar-refractivity contribution < 1.29 is 0 Å². The van der Waals surface area contributed by atoms with Crippen molar-refractivity contribution in [2.24, 2.45) is 13.0 Å². The highest BCUT2D eigenvalue weighted by atomic mass is 35.5. The number of hydrogen-bond acceptors (Lipinski definition) is 2. The largest absolute Gasteiger partial charge is 0.309 e. The molecule has 0 amide bonds.